The molecule has 112 valence electrons. The van der Waals surface area contributed by atoms with Crippen LogP contribution in [0.25, 0.3) is 0 Å². The van der Waals surface area contributed by atoms with Crippen molar-refractivity contribution < 1.29 is 19.0 Å². The number of benzene rings is 2. The predicted octanol–water partition coefficient (Wildman–Crippen LogP) is 4.34. The third-order valence-electron chi connectivity index (χ3n) is 3.09. The van der Waals surface area contributed by atoms with Gasteiger partial charge in [-0.25, -0.2) is 4.39 Å². The van der Waals surface area contributed by atoms with Gasteiger partial charge in [0.25, 0.3) is 0 Å². The van der Waals surface area contributed by atoms with Crippen LogP contribution in [-0.2, 0) is 0 Å². The summed E-state index contributed by atoms with van der Waals surface area (Å²) in [4.78, 5) is 0. The van der Waals surface area contributed by atoms with E-state index in [-0.39, 0.29) is 15.1 Å². The molecule has 6 heteroatoms. The van der Waals surface area contributed by atoms with Gasteiger partial charge in [-0.05, 0) is 28.1 Å². The highest BCUT2D eigenvalue weighted by molar-refractivity contribution is 9.10. The van der Waals surface area contributed by atoms with Gasteiger partial charge in [0.2, 0.25) is 0 Å². The molecular weight excluding hydrogens is 363 g/mol. The number of hydrogen-bond acceptors (Lipinski definition) is 3. The van der Waals surface area contributed by atoms with Crippen molar-refractivity contribution in [3.05, 3.63) is 56.8 Å². The van der Waals surface area contributed by atoms with Crippen LogP contribution in [0.2, 0.25) is 5.02 Å². The first-order chi connectivity index (χ1) is 10.0. The van der Waals surface area contributed by atoms with Crippen molar-refractivity contribution in [3.63, 3.8) is 0 Å². The summed E-state index contributed by atoms with van der Waals surface area (Å²) in [5, 5.41) is 10.6. The molecule has 1 unspecified atom stereocenters. The van der Waals surface area contributed by atoms with Crippen molar-refractivity contribution in [1.29, 1.82) is 0 Å². The van der Waals surface area contributed by atoms with Gasteiger partial charge in [-0.15, -0.1) is 0 Å². The standard InChI is InChI=1S/C15H13BrClFO3/c1-20-11-7-6-8(12(17)15(11)21-2)14(19)9-4-3-5-10(16)13(9)18/h3-7,14,19H,1-2H3. The summed E-state index contributed by atoms with van der Waals surface area (Å²) in [7, 11) is 2.93. The van der Waals surface area contributed by atoms with Gasteiger partial charge in [-0.3, -0.25) is 0 Å². The van der Waals surface area contributed by atoms with Crippen LogP contribution in [0.15, 0.2) is 34.8 Å². The molecule has 0 bridgehead atoms. The van der Waals surface area contributed by atoms with Gasteiger partial charge in [-0.2, -0.15) is 0 Å². The second kappa shape index (κ2) is 6.64. The first-order valence-corrected chi connectivity index (χ1v) is 7.20. The van der Waals surface area contributed by atoms with Crippen LogP contribution >= 0.6 is 27.5 Å². The molecule has 3 nitrogen and oxygen atoms in total. The lowest BCUT2D eigenvalue weighted by atomic mass is 10.0. The Bertz CT molecular complexity index is 664. The first-order valence-electron chi connectivity index (χ1n) is 6.03. The minimum atomic E-state index is -1.21. The molecule has 2 aromatic rings. The average Bonchev–Trinajstić information content (AvgIpc) is 2.49. The van der Waals surface area contributed by atoms with Crippen LogP contribution in [0.4, 0.5) is 4.39 Å². The topological polar surface area (TPSA) is 38.7 Å². The molecule has 1 atom stereocenters. The zero-order valence-electron chi connectivity index (χ0n) is 11.4. The Hall–Kier alpha value is -1.30. The van der Waals surface area contributed by atoms with E-state index in [0.29, 0.717) is 17.1 Å². The van der Waals surface area contributed by atoms with Gasteiger partial charge in [0.15, 0.2) is 11.5 Å². The number of halogens is 3. The molecule has 0 fully saturated rings. The van der Waals surface area contributed by atoms with E-state index in [1.807, 2.05) is 0 Å². The number of rotatable bonds is 4. The minimum Gasteiger partial charge on any atom is -0.493 e. The zero-order valence-corrected chi connectivity index (χ0v) is 13.7. The molecule has 0 saturated heterocycles. The Morgan fingerprint density at radius 3 is 2.48 bits per heavy atom. The van der Waals surface area contributed by atoms with Gasteiger partial charge < -0.3 is 14.6 Å². The molecule has 0 radical (unpaired) electrons. The summed E-state index contributed by atoms with van der Waals surface area (Å²) in [6.07, 6.45) is -1.21. The van der Waals surface area contributed by atoms with E-state index in [4.69, 9.17) is 21.1 Å². The maximum absolute atomic E-state index is 14.1. The summed E-state index contributed by atoms with van der Waals surface area (Å²) in [5.41, 5.74) is 0.463. The molecule has 0 aliphatic carbocycles. The highest BCUT2D eigenvalue weighted by atomic mass is 79.9. The van der Waals surface area contributed by atoms with Crippen LogP contribution in [0.3, 0.4) is 0 Å². The molecule has 0 saturated carbocycles. The number of aliphatic hydroxyl groups excluding tert-OH is 1. The maximum Gasteiger partial charge on any atom is 0.179 e. The number of ether oxygens (including phenoxy) is 2. The van der Waals surface area contributed by atoms with Gasteiger partial charge >= 0.3 is 0 Å². The zero-order chi connectivity index (χ0) is 15.6. The second-order valence-corrected chi connectivity index (χ2v) is 5.48. The molecule has 21 heavy (non-hydrogen) atoms. The van der Waals surface area contributed by atoms with E-state index in [1.54, 1.807) is 24.3 Å². The first kappa shape index (κ1) is 16.1. The highest BCUT2D eigenvalue weighted by Crippen LogP contribution is 2.41. The Balaban J connectivity index is 2.54. The van der Waals surface area contributed by atoms with Gasteiger partial charge in [0, 0.05) is 11.1 Å². The Morgan fingerprint density at radius 1 is 1.14 bits per heavy atom. The largest absolute Gasteiger partial charge is 0.493 e. The molecule has 0 aliphatic heterocycles. The lowest BCUT2D eigenvalue weighted by Crippen LogP contribution is -2.05. The Morgan fingerprint density at radius 2 is 1.86 bits per heavy atom. The van der Waals surface area contributed by atoms with E-state index in [0.717, 1.165) is 0 Å². The monoisotopic (exact) mass is 374 g/mol. The summed E-state index contributed by atoms with van der Waals surface area (Å²) in [6, 6.07) is 7.88. The number of hydrogen-bond donors (Lipinski definition) is 1. The van der Waals surface area contributed by atoms with Crippen LogP contribution in [-0.4, -0.2) is 19.3 Å². The molecular formula is C15H13BrClFO3. The minimum absolute atomic E-state index is 0.124. The average molecular weight is 376 g/mol. The fourth-order valence-corrected chi connectivity index (χ4v) is 2.73. The van der Waals surface area contributed by atoms with E-state index < -0.39 is 11.9 Å². The van der Waals surface area contributed by atoms with Crippen LogP contribution < -0.4 is 9.47 Å². The summed E-state index contributed by atoms with van der Waals surface area (Å²) >= 11 is 9.32. The molecule has 0 spiro atoms. The van der Waals surface area contributed by atoms with Crippen LogP contribution in [0.5, 0.6) is 11.5 Å². The van der Waals surface area contributed by atoms with Gasteiger partial charge in [-0.1, -0.05) is 29.8 Å². The van der Waals surface area contributed by atoms with Gasteiger partial charge in [0.05, 0.1) is 23.7 Å². The Labute approximate surface area is 135 Å². The maximum atomic E-state index is 14.1. The predicted molar refractivity (Wildman–Crippen MR) is 82.7 cm³/mol. The molecule has 1 N–H and O–H groups in total. The van der Waals surface area contributed by atoms with Gasteiger partial charge in [0.1, 0.15) is 11.9 Å². The lowest BCUT2D eigenvalue weighted by molar-refractivity contribution is 0.214. The molecule has 0 aliphatic rings. The van der Waals surface area contributed by atoms with Crippen molar-refractivity contribution in [3.8, 4) is 11.5 Å². The van der Waals surface area contributed by atoms with E-state index in [2.05, 4.69) is 15.9 Å². The van der Waals surface area contributed by atoms with Crippen LogP contribution in [0.1, 0.15) is 17.2 Å². The molecule has 2 rings (SSSR count). The molecule has 2 aromatic carbocycles. The number of aliphatic hydroxyl groups is 1. The van der Waals surface area contributed by atoms with Crippen molar-refractivity contribution in [1.82, 2.24) is 0 Å². The van der Waals surface area contributed by atoms with Crippen molar-refractivity contribution in [2.24, 2.45) is 0 Å². The second-order valence-electron chi connectivity index (χ2n) is 4.25. The molecule has 0 amide bonds. The van der Waals surface area contributed by atoms with E-state index >= 15 is 0 Å². The Kier molecular flexibility index (Phi) is 5.08. The van der Waals surface area contributed by atoms with E-state index in [1.165, 1.54) is 20.3 Å². The van der Waals surface area contributed by atoms with Crippen molar-refractivity contribution >= 4 is 27.5 Å². The van der Waals surface area contributed by atoms with Crippen molar-refractivity contribution in [2.45, 2.75) is 6.10 Å². The fourth-order valence-electron chi connectivity index (χ4n) is 2.01. The summed E-state index contributed by atoms with van der Waals surface area (Å²) < 4.78 is 24.7. The SMILES string of the molecule is COc1ccc(C(O)c2cccc(Br)c2F)c(Cl)c1OC. The summed E-state index contributed by atoms with van der Waals surface area (Å²) in [6.45, 7) is 0. The molecule has 0 heterocycles. The lowest BCUT2D eigenvalue weighted by Gasteiger charge is -2.17. The quantitative estimate of drug-likeness (QED) is 0.864. The summed E-state index contributed by atoms with van der Waals surface area (Å²) in [5.74, 6) is 0.204. The third kappa shape index (κ3) is 3.00. The third-order valence-corrected chi connectivity index (χ3v) is 4.09. The highest BCUT2D eigenvalue weighted by Gasteiger charge is 2.22. The number of methoxy groups -OCH3 is 2. The fraction of sp³-hybridized carbons (Fsp3) is 0.200. The molecule has 0 aromatic heterocycles. The van der Waals surface area contributed by atoms with E-state index in [9.17, 15) is 9.50 Å². The van der Waals surface area contributed by atoms with Crippen molar-refractivity contribution in [2.75, 3.05) is 14.2 Å². The normalized spacial score (nSPS) is 12.1. The smallest absolute Gasteiger partial charge is 0.179 e. The van der Waals surface area contributed by atoms with Crippen LogP contribution in [0, 0.1) is 5.82 Å².